The standard InChI is InChI=1S/C18H27N3O5S/c1-12(2)20(5)27(25,26)14-7-6-13(3)15(10-14)19-17(24)21-9-8-18(4,11-21)16(22)23/h6-7,10,12H,8-9,11H2,1-5H3,(H,19,24)(H,22,23). The van der Waals surface area contributed by atoms with Gasteiger partial charge in [-0.05, 0) is 51.8 Å². The van der Waals surface area contributed by atoms with Crippen molar-refractivity contribution in [3.05, 3.63) is 23.8 Å². The molecule has 0 aromatic heterocycles. The average Bonchev–Trinajstić information content (AvgIpc) is 2.99. The molecule has 0 radical (unpaired) electrons. The molecule has 0 saturated carbocycles. The number of sulfonamides is 1. The van der Waals surface area contributed by atoms with Gasteiger partial charge in [-0.1, -0.05) is 6.07 Å². The quantitative estimate of drug-likeness (QED) is 0.793. The van der Waals surface area contributed by atoms with Crippen molar-refractivity contribution >= 4 is 27.7 Å². The summed E-state index contributed by atoms with van der Waals surface area (Å²) in [6.45, 7) is 7.39. The van der Waals surface area contributed by atoms with Gasteiger partial charge in [-0.15, -0.1) is 0 Å². The van der Waals surface area contributed by atoms with Gasteiger partial charge in [0.25, 0.3) is 0 Å². The number of nitrogens with one attached hydrogen (secondary N) is 1. The number of rotatable bonds is 5. The molecule has 1 heterocycles. The van der Waals surface area contributed by atoms with E-state index in [0.717, 1.165) is 5.56 Å². The Bertz CT molecular complexity index is 853. The van der Waals surface area contributed by atoms with Crippen LogP contribution in [0, 0.1) is 12.3 Å². The van der Waals surface area contributed by atoms with Crippen molar-refractivity contribution in [2.24, 2.45) is 5.41 Å². The third-order valence-corrected chi connectivity index (χ3v) is 7.16. The smallest absolute Gasteiger partial charge is 0.321 e. The van der Waals surface area contributed by atoms with Crippen LogP contribution in [0.2, 0.25) is 0 Å². The number of amides is 2. The Hall–Kier alpha value is -2.13. The number of carboxylic acid groups (broad SMARTS) is 1. The second kappa shape index (κ2) is 7.47. The normalized spacial score (nSPS) is 20.3. The van der Waals surface area contributed by atoms with Gasteiger partial charge in [-0.25, -0.2) is 13.2 Å². The molecule has 1 aromatic carbocycles. The van der Waals surface area contributed by atoms with Gasteiger partial charge in [0, 0.05) is 31.9 Å². The zero-order chi connectivity index (χ0) is 20.6. The molecule has 0 aliphatic carbocycles. The second-order valence-electron chi connectivity index (χ2n) is 7.56. The van der Waals surface area contributed by atoms with Gasteiger partial charge in [-0.2, -0.15) is 4.31 Å². The molecular formula is C18H27N3O5S. The van der Waals surface area contributed by atoms with E-state index in [4.69, 9.17) is 0 Å². The Labute approximate surface area is 160 Å². The summed E-state index contributed by atoms with van der Waals surface area (Å²) >= 11 is 0. The van der Waals surface area contributed by atoms with E-state index in [1.54, 1.807) is 33.8 Å². The first-order valence-electron chi connectivity index (χ1n) is 8.76. The monoisotopic (exact) mass is 397 g/mol. The first kappa shape index (κ1) is 21.2. The van der Waals surface area contributed by atoms with Crippen molar-refractivity contribution < 1.29 is 23.1 Å². The van der Waals surface area contributed by atoms with Crippen LogP contribution >= 0.6 is 0 Å². The van der Waals surface area contributed by atoms with E-state index < -0.39 is 27.4 Å². The molecule has 1 aliphatic heterocycles. The van der Waals surface area contributed by atoms with Crippen molar-refractivity contribution in [2.75, 3.05) is 25.5 Å². The van der Waals surface area contributed by atoms with Crippen molar-refractivity contribution in [1.29, 1.82) is 0 Å². The number of aryl methyl sites for hydroxylation is 1. The molecular weight excluding hydrogens is 370 g/mol. The lowest BCUT2D eigenvalue weighted by molar-refractivity contribution is -0.146. The van der Waals surface area contributed by atoms with Gasteiger partial charge >= 0.3 is 12.0 Å². The molecule has 1 atom stereocenters. The van der Waals surface area contributed by atoms with E-state index in [0.29, 0.717) is 18.7 Å². The van der Waals surface area contributed by atoms with Gasteiger partial charge in [-0.3, -0.25) is 4.79 Å². The van der Waals surface area contributed by atoms with Crippen LogP contribution in [0.25, 0.3) is 0 Å². The molecule has 2 rings (SSSR count). The maximum atomic E-state index is 12.7. The van der Waals surface area contributed by atoms with Crippen molar-refractivity contribution in [3.8, 4) is 0 Å². The number of carboxylic acids is 1. The number of likely N-dealkylation sites (tertiary alicyclic amines) is 1. The summed E-state index contributed by atoms with van der Waals surface area (Å²) in [7, 11) is -2.16. The fourth-order valence-electron chi connectivity index (χ4n) is 2.84. The van der Waals surface area contributed by atoms with Crippen LogP contribution in [-0.4, -0.2) is 60.9 Å². The summed E-state index contributed by atoms with van der Waals surface area (Å²) in [6, 6.07) is 3.95. The minimum absolute atomic E-state index is 0.0939. The number of nitrogens with zero attached hydrogens (tertiary/aromatic N) is 2. The molecule has 9 heteroatoms. The van der Waals surface area contributed by atoms with E-state index in [1.165, 1.54) is 28.4 Å². The molecule has 1 aliphatic rings. The minimum Gasteiger partial charge on any atom is -0.481 e. The average molecular weight is 397 g/mol. The van der Waals surface area contributed by atoms with Crippen LogP contribution in [0.3, 0.4) is 0 Å². The Morgan fingerprint density at radius 1 is 1.33 bits per heavy atom. The zero-order valence-electron chi connectivity index (χ0n) is 16.3. The summed E-state index contributed by atoms with van der Waals surface area (Å²) in [5.41, 5.74) is 0.147. The van der Waals surface area contributed by atoms with E-state index in [9.17, 15) is 23.1 Å². The fraction of sp³-hybridized carbons (Fsp3) is 0.556. The Morgan fingerprint density at radius 2 is 1.96 bits per heavy atom. The van der Waals surface area contributed by atoms with E-state index in [2.05, 4.69) is 5.32 Å². The van der Waals surface area contributed by atoms with Crippen LogP contribution < -0.4 is 5.32 Å². The number of hydrogen-bond acceptors (Lipinski definition) is 4. The van der Waals surface area contributed by atoms with Crippen LogP contribution in [0.1, 0.15) is 32.8 Å². The zero-order valence-corrected chi connectivity index (χ0v) is 17.1. The highest BCUT2D eigenvalue weighted by Gasteiger charge is 2.42. The van der Waals surface area contributed by atoms with Gasteiger partial charge in [0.15, 0.2) is 0 Å². The fourth-order valence-corrected chi connectivity index (χ4v) is 4.24. The third kappa shape index (κ3) is 4.24. The topological polar surface area (TPSA) is 107 Å². The van der Waals surface area contributed by atoms with E-state index in [1.807, 2.05) is 0 Å². The SMILES string of the molecule is Cc1ccc(S(=O)(=O)N(C)C(C)C)cc1NC(=O)N1CCC(C)(C(=O)O)C1. The molecule has 150 valence electrons. The highest BCUT2D eigenvalue weighted by Crippen LogP contribution is 2.31. The number of aliphatic carboxylic acids is 1. The lowest BCUT2D eigenvalue weighted by Gasteiger charge is -2.23. The number of benzene rings is 1. The van der Waals surface area contributed by atoms with Gasteiger partial charge in [0.1, 0.15) is 0 Å². The van der Waals surface area contributed by atoms with Crippen LogP contribution in [0.15, 0.2) is 23.1 Å². The Morgan fingerprint density at radius 3 is 2.48 bits per heavy atom. The molecule has 0 bridgehead atoms. The molecule has 1 saturated heterocycles. The molecule has 2 N–H and O–H groups in total. The van der Waals surface area contributed by atoms with Crippen LogP contribution in [0.4, 0.5) is 10.5 Å². The number of anilines is 1. The molecule has 1 unspecified atom stereocenters. The van der Waals surface area contributed by atoms with Gasteiger partial charge in [0.05, 0.1) is 10.3 Å². The summed E-state index contributed by atoms with van der Waals surface area (Å²) in [6.07, 6.45) is 0.377. The van der Waals surface area contributed by atoms with Gasteiger partial charge in [0.2, 0.25) is 10.0 Å². The van der Waals surface area contributed by atoms with Crippen molar-refractivity contribution in [3.63, 3.8) is 0 Å². The molecule has 1 aromatic rings. The summed E-state index contributed by atoms with van der Waals surface area (Å²) in [4.78, 5) is 25.4. The number of carbonyl (C=O) groups excluding carboxylic acids is 1. The van der Waals surface area contributed by atoms with Crippen molar-refractivity contribution in [2.45, 2.75) is 45.1 Å². The van der Waals surface area contributed by atoms with Crippen LogP contribution in [0.5, 0.6) is 0 Å². The lowest BCUT2D eigenvalue weighted by atomic mass is 9.90. The number of hydrogen-bond donors (Lipinski definition) is 2. The molecule has 1 fully saturated rings. The summed E-state index contributed by atoms with van der Waals surface area (Å²) in [5.74, 6) is -0.932. The molecule has 27 heavy (non-hydrogen) atoms. The van der Waals surface area contributed by atoms with E-state index >= 15 is 0 Å². The Balaban J connectivity index is 2.23. The summed E-state index contributed by atoms with van der Waals surface area (Å²) < 4.78 is 26.6. The Kier molecular flexibility index (Phi) is 5.86. The first-order valence-corrected chi connectivity index (χ1v) is 10.2. The molecule has 0 spiro atoms. The largest absolute Gasteiger partial charge is 0.481 e. The molecule has 2 amide bonds. The highest BCUT2D eigenvalue weighted by atomic mass is 32.2. The minimum atomic E-state index is -3.67. The maximum Gasteiger partial charge on any atom is 0.321 e. The van der Waals surface area contributed by atoms with Gasteiger partial charge < -0.3 is 15.3 Å². The maximum absolute atomic E-state index is 12.7. The van der Waals surface area contributed by atoms with Crippen molar-refractivity contribution in [1.82, 2.24) is 9.21 Å². The number of urea groups is 1. The second-order valence-corrected chi connectivity index (χ2v) is 9.56. The predicted molar refractivity (Wildman–Crippen MR) is 102 cm³/mol. The lowest BCUT2D eigenvalue weighted by Crippen LogP contribution is -2.37. The summed E-state index contributed by atoms with van der Waals surface area (Å²) in [5, 5.41) is 12.0. The third-order valence-electron chi connectivity index (χ3n) is 5.13. The number of carbonyl (C=O) groups is 2. The predicted octanol–water partition coefficient (Wildman–Crippen LogP) is 2.35. The van der Waals surface area contributed by atoms with E-state index in [-0.39, 0.29) is 17.5 Å². The van der Waals surface area contributed by atoms with Crippen LogP contribution in [-0.2, 0) is 14.8 Å². The first-order chi connectivity index (χ1) is 12.4. The molecule has 8 nitrogen and oxygen atoms in total. The highest BCUT2D eigenvalue weighted by molar-refractivity contribution is 7.89.